The maximum absolute atomic E-state index is 13.0. The van der Waals surface area contributed by atoms with Crippen LogP contribution in [0.4, 0.5) is 5.69 Å². The van der Waals surface area contributed by atoms with Crippen LogP contribution in [0, 0.1) is 0 Å². The van der Waals surface area contributed by atoms with Crippen molar-refractivity contribution in [1.29, 1.82) is 0 Å². The van der Waals surface area contributed by atoms with Crippen LogP contribution < -0.4 is 10.0 Å². The van der Waals surface area contributed by atoms with E-state index in [2.05, 4.69) is 17.5 Å². The van der Waals surface area contributed by atoms with Crippen LogP contribution in [0.5, 0.6) is 0 Å². The van der Waals surface area contributed by atoms with Gasteiger partial charge < -0.3 is 15.1 Å². The summed E-state index contributed by atoms with van der Waals surface area (Å²) in [5.41, 5.74) is 1.65. The Morgan fingerprint density at radius 2 is 1.87 bits per heavy atom. The molecule has 3 amide bonds. The van der Waals surface area contributed by atoms with Gasteiger partial charge in [0, 0.05) is 30.9 Å². The van der Waals surface area contributed by atoms with Crippen LogP contribution in [0.2, 0.25) is 0 Å². The summed E-state index contributed by atoms with van der Waals surface area (Å²) in [6.45, 7) is 2.64. The van der Waals surface area contributed by atoms with Gasteiger partial charge in [0.1, 0.15) is 11.6 Å². The first kappa shape index (κ1) is 27.5. The molecule has 202 valence electrons. The zero-order valence-electron chi connectivity index (χ0n) is 20.7. The van der Waals surface area contributed by atoms with Crippen molar-refractivity contribution in [1.82, 2.24) is 20.1 Å². The van der Waals surface area contributed by atoms with Crippen LogP contribution in [0.15, 0.2) is 53.9 Å². The molecule has 1 aromatic heterocycles. The molecule has 0 radical (unpaired) electrons. The molecular weight excluding hydrogens is 530 g/mol. The molecule has 38 heavy (non-hydrogen) atoms. The summed E-state index contributed by atoms with van der Waals surface area (Å²) in [5, 5.41) is 5.78. The number of likely N-dealkylation sites (N-methyl/N-ethyl adjacent to an activating group) is 1. The lowest BCUT2D eigenvalue weighted by Gasteiger charge is -2.33. The van der Waals surface area contributed by atoms with Crippen LogP contribution in [0.3, 0.4) is 0 Å². The molecule has 0 saturated carbocycles. The van der Waals surface area contributed by atoms with E-state index in [0.717, 1.165) is 17.0 Å². The Morgan fingerprint density at radius 1 is 1.16 bits per heavy atom. The molecule has 3 N–H and O–H groups in total. The number of piperazine rings is 1. The second kappa shape index (κ2) is 11.9. The number of carbonyl (C=O) groups is 3. The minimum Gasteiger partial charge on any atom is -0.346 e. The monoisotopic (exact) mass is 559 g/mol. The summed E-state index contributed by atoms with van der Waals surface area (Å²) in [7, 11) is -4.39. The van der Waals surface area contributed by atoms with E-state index in [9.17, 15) is 22.8 Å². The van der Waals surface area contributed by atoms with Gasteiger partial charge >= 0.3 is 22.1 Å². The van der Waals surface area contributed by atoms with E-state index in [1.807, 2.05) is 22.3 Å². The number of aromatic nitrogens is 1. The van der Waals surface area contributed by atoms with Crippen molar-refractivity contribution in [3.05, 3.63) is 70.2 Å². The fourth-order valence-corrected chi connectivity index (χ4v) is 5.70. The van der Waals surface area contributed by atoms with Gasteiger partial charge in [0.25, 0.3) is 0 Å². The van der Waals surface area contributed by atoms with E-state index in [-0.39, 0.29) is 24.7 Å². The van der Waals surface area contributed by atoms with Crippen molar-refractivity contribution >= 4 is 45.0 Å². The van der Waals surface area contributed by atoms with Crippen LogP contribution in [0.25, 0.3) is 0 Å². The Kier molecular flexibility index (Phi) is 8.59. The summed E-state index contributed by atoms with van der Waals surface area (Å²) in [6, 6.07) is 5.84. The fraction of sp³-hybridized carbons (Fsp3) is 0.360. The minimum atomic E-state index is -4.39. The SMILES string of the molecule is CCN1CCN(CC(=O)N[C@@H](Cc2ccc(NS(=O)(=O)O)cc2)c2csc(C3C=CC=CC3)n2)C(=O)C1=O. The Balaban J connectivity index is 1.50. The third-order valence-electron chi connectivity index (χ3n) is 6.28. The van der Waals surface area contributed by atoms with Crippen molar-refractivity contribution in [2.24, 2.45) is 0 Å². The zero-order chi connectivity index (χ0) is 27.3. The van der Waals surface area contributed by atoms with Crippen LogP contribution in [-0.2, 0) is 31.1 Å². The highest BCUT2D eigenvalue weighted by Crippen LogP contribution is 2.30. The first-order chi connectivity index (χ1) is 18.1. The molecule has 1 aliphatic heterocycles. The molecule has 0 spiro atoms. The minimum absolute atomic E-state index is 0.152. The van der Waals surface area contributed by atoms with Gasteiger partial charge in [-0.2, -0.15) is 8.42 Å². The highest BCUT2D eigenvalue weighted by molar-refractivity contribution is 7.87. The number of carbonyl (C=O) groups excluding carboxylic acids is 3. The molecule has 1 unspecified atom stereocenters. The van der Waals surface area contributed by atoms with Gasteiger partial charge in [0.15, 0.2) is 0 Å². The predicted molar refractivity (Wildman–Crippen MR) is 143 cm³/mol. The highest BCUT2D eigenvalue weighted by atomic mass is 32.2. The summed E-state index contributed by atoms with van der Waals surface area (Å²) in [4.78, 5) is 45.2. The molecule has 13 heteroatoms. The third-order valence-corrected chi connectivity index (χ3v) is 7.77. The lowest BCUT2D eigenvalue weighted by molar-refractivity contribution is -0.156. The van der Waals surface area contributed by atoms with Gasteiger partial charge in [-0.15, -0.1) is 11.3 Å². The normalized spacial score (nSPS) is 18.5. The van der Waals surface area contributed by atoms with Crippen molar-refractivity contribution < 1.29 is 27.4 Å². The summed E-state index contributed by atoms with van der Waals surface area (Å²) in [5.74, 6) is -1.57. The number of anilines is 1. The van der Waals surface area contributed by atoms with Gasteiger partial charge in [0.2, 0.25) is 5.91 Å². The van der Waals surface area contributed by atoms with Crippen molar-refractivity contribution in [3.63, 3.8) is 0 Å². The largest absolute Gasteiger partial charge is 0.357 e. The molecule has 2 aromatic rings. The average molecular weight is 560 g/mol. The number of allylic oxidation sites excluding steroid dienone is 4. The molecule has 2 heterocycles. The molecule has 0 bridgehead atoms. The summed E-state index contributed by atoms with van der Waals surface area (Å²) in [6.07, 6.45) is 9.30. The number of nitrogens with one attached hydrogen (secondary N) is 2. The maximum atomic E-state index is 13.0. The number of rotatable bonds is 10. The standard InChI is InChI=1S/C25H29N5O6S2/c1-2-29-12-13-30(25(33)24(29)32)15-22(31)26-20(14-17-8-10-19(11-9-17)28-38(34,35)36)21-16-37-23(27-21)18-6-4-3-5-7-18/h3-6,8-11,16,18,20,28H,2,7,12-15H2,1H3,(H,26,31)(H,34,35,36)/t18?,20-/m0/s1. The van der Waals surface area contributed by atoms with E-state index in [4.69, 9.17) is 9.54 Å². The predicted octanol–water partition coefficient (Wildman–Crippen LogP) is 2.05. The lowest BCUT2D eigenvalue weighted by Crippen LogP contribution is -2.56. The Bertz CT molecular complexity index is 1350. The van der Waals surface area contributed by atoms with Gasteiger partial charge in [-0.3, -0.25) is 23.7 Å². The molecular formula is C25H29N5O6S2. The molecule has 1 aromatic carbocycles. The summed E-state index contributed by atoms with van der Waals surface area (Å²) < 4.78 is 33.1. The number of hydrogen-bond acceptors (Lipinski definition) is 7. The number of amides is 3. The first-order valence-electron chi connectivity index (χ1n) is 12.1. The first-order valence-corrected chi connectivity index (χ1v) is 14.4. The average Bonchev–Trinajstić information content (AvgIpc) is 3.38. The Hall–Kier alpha value is -3.55. The summed E-state index contributed by atoms with van der Waals surface area (Å²) >= 11 is 1.50. The van der Waals surface area contributed by atoms with E-state index >= 15 is 0 Å². The zero-order valence-corrected chi connectivity index (χ0v) is 22.4. The van der Waals surface area contributed by atoms with E-state index in [1.165, 1.54) is 33.3 Å². The Morgan fingerprint density at radius 3 is 2.53 bits per heavy atom. The second-order valence-corrected chi connectivity index (χ2v) is 11.0. The van der Waals surface area contributed by atoms with E-state index in [0.29, 0.717) is 25.2 Å². The second-order valence-electron chi connectivity index (χ2n) is 8.98. The van der Waals surface area contributed by atoms with Crippen LogP contribution >= 0.6 is 11.3 Å². The maximum Gasteiger partial charge on any atom is 0.357 e. The third kappa shape index (κ3) is 7.05. The molecule has 2 atom stereocenters. The van der Waals surface area contributed by atoms with Gasteiger partial charge in [-0.05, 0) is 37.5 Å². The fourth-order valence-electron chi connectivity index (χ4n) is 4.30. The number of nitrogens with zero attached hydrogens (tertiary/aromatic N) is 3. The van der Waals surface area contributed by atoms with Crippen LogP contribution in [-0.4, -0.2) is 71.7 Å². The molecule has 2 aliphatic rings. The lowest BCUT2D eigenvalue weighted by atomic mass is 10.0. The van der Waals surface area contributed by atoms with Crippen LogP contribution in [0.1, 0.15) is 41.6 Å². The molecule has 1 fully saturated rings. The van der Waals surface area contributed by atoms with Gasteiger partial charge in [0.05, 0.1) is 17.4 Å². The van der Waals surface area contributed by atoms with E-state index < -0.39 is 34.1 Å². The number of thiazole rings is 1. The number of hydrogen-bond donors (Lipinski definition) is 3. The molecule has 11 nitrogen and oxygen atoms in total. The van der Waals surface area contributed by atoms with Crippen molar-refractivity contribution in [2.75, 3.05) is 30.9 Å². The highest BCUT2D eigenvalue weighted by Gasteiger charge is 2.33. The molecule has 4 rings (SSSR count). The topological polar surface area (TPSA) is 149 Å². The Labute approximate surface area is 225 Å². The van der Waals surface area contributed by atoms with E-state index in [1.54, 1.807) is 19.1 Å². The van der Waals surface area contributed by atoms with Gasteiger partial charge in [-0.1, -0.05) is 36.4 Å². The molecule has 1 saturated heterocycles. The van der Waals surface area contributed by atoms with Gasteiger partial charge in [-0.25, -0.2) is 4.98 Å². The van der Waals surface area contributed by atoms with Crippen molar-refractivity contribution in [2.45, 2.75) is 31.7 Å². The quantitative estimate of drug-likeness (QED) is 0.298. The molecule has 1 aliphatic carbocycles. The smallest absolute Gasteiger partial charge is 0.346 e. The number of benzene rings is 1. The van der Waals surface area contributed by atoms with Crippen molar-refractivity contribution in [3.8, 4) is 0 Å².